The molecule has 0 amide bonds. The van der Waals surface area contributed by atoms with Gasteiger partial charge in [0, 0.05) is 5.56 Å². The van der Waals surface area contributed by atoms with Gasteiger partial charge >= 0.3 is 0 Å². The van der Waals surface area contributed by atoms with Crippen molar-refractivity contribution in [2.75, 3.05) is 12.5 Å². The van der Waals surface area contributed by atoms with Gasteiger partial charge in [0.25, 0.3) is 0 Å². The Bertz CT molecular complexity index is 361. The Labute approximate surface area is 102 Å². The number of hydrogen-bond donors (Lipinski definition) is 0. The van der Waals surface area contributed by atoms with Crippen LogP contribution in [0, 0.1) is 0 Å². The number of alkyl halides is 1. The predicted octanol–water partition coefficient (Wildman–Crippen LogP) is 3.46. The van der Waals surface area contributed by atoms with Crippen molar-refractivity contribution in [3.05, 3.63) is 29.3 Å². The van der Waals surface area contributed by atoms with Crippen molar-refractivity contribution >= 4 is 17.4 Å². The van der Waals surface area contributed by atoms with Crippen LogP contribution < -0.4 is 4.74 Å². The van der Waals surface area contributed by atoms with Crippen LogP contribution in [0.25, 0.3) is 0 Å². The smallest absolute Gasteiger partial charge is 0.177 e. The van der Waals surface area contributed by atoms with Crippen LogP contribution >= 0.6 is 11.6 Å². The lowest BCUT2D eigenvalue weighted by molar-refractivity contribution is 0.102. The fourth-order valence-electron chi connectivity index (χ4n) is 1.46. The molecule has 0 spiro atoms. The van der Waals surface area contributed by atoms with Crippen LogP contribution in [0.2, 0.25) is 0 Å². The number of aryl methyl sites for hydroxylation is 1. The summed E-state index contributed by atoms with van der Waals surface area (Å²) in [4.78, 5) is 11.4. The van der Waals surface area contributed by atoms with Crippen molar-refractivity contribution in [2.45, 2.75) is 26.7 Å². The first-order chi connectivity index (χ1) is 7.72. The zero-order valence-corrected chi connectivity index (χ0v) is 10.5. The topological polar surface area (TPSA) is 26.3 Å². The Kier molecular flexibility index (Phi) is 5.33. The van der Waals surface area contributed by atoms with Gasteiger partial charge in [0.2, 0.25) is 0 Å². The van der Waals surface area contributed by atoms with Gasteiger partial charge in [-0.2, -0.15) is 0 Å². The third-order valence-corrected chi connectivity index (χ3v) is 2.59. The second-order valence-electron chi connectivity index (χ2n) is 3.58. The number of carbonyl (C=O) groups excluding carboxylic acids is 1. The largest absolute Gasteiger partial charge is 0.493 e. The average Bonchev–Trinajstić information content (AvgIpc) is 2.35. The van der Waals surface area contributed by atoms with Crippen molar-refractivity contribution < 1.29 is 9.53 Å². The maximum Gasteiger partial charge on any atom is 0.177 e. The summed E-state index contributed by atoms with van der Waals surface area (Å²) in [5.74, 6) is 0.854. The van der Waals surface area contributed by atoms with E-state index in [0.29, 0.717) is 12.2 Å². The van der Waals surface area contributed by atoms with E-state index in [4.69, 9.17) is 16.3 Å². The second kappa shape index (κ2) is 6.54. The number of ketones is 1. The highest BCUT2D eigenvalue weighted by atomic mass is 35.5. The van der Waals surface area contributed by atoms with Crippen LogP contribution in [0.4, 0.5) is 0 Å². The molecule has 1 aromatic carbocycles. The number of benzene rings is 1. The minimum absolute atomic E-state index is 0.0261. The molecule has 0 aromatic heterocycles. The maximum absolute atomic E-state index is 11.4. The number of carbonyl (C=O) groups is 1. The summed E-state index contributed by atoms with van der Waals surface area (Å²) in [6.07, 6.45) is 1.83. The first-order valence-electron chi connectivity index (χ1n) is 5.57. The van der Waals surface area contributed by atoms with E-state index in [0.717, 1.165) is 24.2 Å². The number of rotatable bonds is 6. The Hall–Kier alpha value is -1.02. The third-order valence-electron chi connectivity index (χ3n) is 2.35. The predicted molar refractivity (Wildman–Crippen MR) is 66.7 cm³/mol. The molecule has 0 fully saturated rings. The van der Waals surface area contributed by atoms with Gasteiger partial charge in [-0.05, 0) is 36.6 Å². The van der Waals surface area contributed by atoms with Crippen LogP contribution in [0.3, 0.4) is 0 Å². The summed E-state index contributed by atoms with van der Waals surface area (Å²) in [6, 6.07) is 5.50. The van der Waals surface area contributed by atoms with E-state index in [1.807, 2.05) is 19.1 Å². The number of ether oxygens (including phenoxy) is 1. The highest BCUT2D eigenvalue weighted by molar-refractivity contribution is 6.30. The van der Waals surface area contributed by atoms with Crippen LogP contribution in [0.1, 0.15) is 36.2 Å². The molecular formula is C13H17ClO2. The summed E-state index contributed by atoms with van der Waals surface area (Å²) in [5, 5.41) is 0. The van der Waals surface area contributed by atoms with Gasteiger partial charge in [0.15, 0.2) is 5.78 Å². The Morgan fingerprint density at radius 2 is 2.12 bits per heavy atom. The molecule has 1 aromatic rings. The van der Waals surface area contributed by atoms with Gasteiger partial charge in [-0.25, -0.2) is 0 Å². The molecule has 0 atom stereocenters. The first kappa shape index (κ1) is 13.0. The van der Waals surface area contributed by atoms with Gasteiger partial charge in [-0.15, -0.1) is 11.6 Å². The SMILES string of the molecule is CCCOc1ccc(C(=O)CCl)cc1CC. The standard InChI is InChI=1S/C13H17ClO2/c1-3-7-16-13-6-5-11(12(15)9-14)8-10(13)4-2/h5-6,8H,3-4,7,9H2,1-2H3. The molecule has 0 aliphatic carbocycles. The summed E-state index contributed by atoms with van der Waals surface area (Å²) in [6.45, 7) is 4.82. The molecule has 0 aliphatic heterocycles. The first-order valence-corrected chi connectivity index (χ1v) is 6.11. The lowest BCUT2D eigenvalue weighted by Gasteiger charge is -2.10. The average molecular weight is 241 g/mol. The number of Topliss-reactive ketones (excluding diaryl/α,β-unsaturated/α-hetero) is 1. The molecule has 1 rings (SSSR count). The highest BCUT2D eigenvalue weighted by Crippen LogP contribution is 2.21. The van der Waals surface area contributed by atoms with Crippen LogP contribution in [0.5, 0.6) is 5.75 Å². The second-order valence-corrected chi connectivity index (χ2v) is 3.85. The molecule has 0 radical (unpaired) electrons. The molecule has 0 saturated carbocycles. The molecule has 0 aliphatic rings. The number of halogens is 1. The van der Waals surface area contributed by atoms with Crippen molar-refractivity contribution in [2.24, 2.45) is 0 Å². The normalized spacial score (nSPS) is 10.2. The van der Waals surface area contributed by atoms with Gasteiger partial charge in [-0.3, -0.25) is 4.79 Å². The minimum atomic E-state index is -0.0431. The van der Waals surface area contributed by atoms with Crippen molar-refractivity contribution in [3.63, 3.8) is 0 Å². The zero-order chi connectivity index (χ0) is 12.0. The summed E-state index contributed by atoms with van der Waals surface area (Å²) < 4.78 is 5.60. The molecule has 0 bridgehead atoms. The minimum Gasteiger partial charge on any atom is -0.493 e. The van der Waals surface area contributed by atoms with Crippen LogP contribution in [-0.4, -0.2) is 18.3 Å². The van der Waals surface area contributed by atoms with E-state index < -0.39 is 0 Å². The zero-order valence-electron chi connectivity index (χ0n) is 9.75. The van der Waals surface area contributed by atoms with E-state index in [-0.39, 0.29) is 11.7 Å². The third kappa shape index (κ3) is 3.24. The summed E-state index contributed by atoms with van der Waals surface area (Å²) in [5.41, 5.74) is 1.72. The van der Waals surface area contributed by atoms with Gasteiger partial charge in [-0.1, -0.05) is 13.8 Å². The van der Waals surface area contributed by atoms with Gasteiger partial charge in [0.05, 0.1) is 12.5 Å². The van der Waals surface area contributed by atoms with Gasteiger partial charge < -0.3 is 4.74 Å². The molecule has 0 heterocycles. The Morgan fingerprint density at radius 1 is 1.38 bits per heavy atom. The summed E-state index contributed by atoms with van der Waals surface area (Å²) in [7, 11) is 0. The van der Waals surface area contributed by atoms with E-state index >= 15 is 0 Å². The molecule has 88 valence electrons. The Morgan fingerprint density at radius 3 is 2.69 bits per heavy atom. The molecular weight excluding hydrogens is 224 g/mol. The molecule has 2 nitrogen and oxygen atoms in total. The van der Waals surface area contributed by atoms with E-state index in [1.165, 1.54) is 0 Å². The quantitative estimate of drug-likeness (QED) is 0.562. The van der Waals surface area contributed by atoms with E-state index in [2.05, 4.69) is 6.92 Å². The van der Waals surface area contributed by atoms with Gasteiger partial charge in [0.1, 0.15) is 5.75 Å². The molecule has 16 heavy (non-hydrogen) atoms. The fourth-order valence-corrected chi connectivity index (χ4v) is 1.61. The monoisotopic (exact) mass is 240 g/mol. The van der Waals surface area contributed by atoms with Crippen LogP contribution in [0.15, 0.2) is 18.2 Å². The fraction of sp³-hybridized carbons (Fsp3) is 0.462. The Balaban J connectivity index is 2.92. The lowest BCUT2D eigenvalue weighted by Crippen LogP contribution is -2.03. The lowest BCUT2D eigenvalue weighted by atomic mass is 10.1. The molecule has 0 N–H and O–H groups in total. The molecule has 3 heteroatoms. The van der Waals surface area contributed by atoms with Crippen molar-refractivity contribution in [1.29, 1.82) is 0 Å². The van der Waals surface area contributed by atoms with E-state index in [9.17, 15) is 4.79 Å². The molecule has 0 unspecified atom stereocenters. The van der Waals surface area contributed by atoms with Crippen molar-refractivity contribution in [1.82, 2.24) is 0 Å². The maximum atomic E-state index is 11.4. The molecule has 0 saturated heterocycles. The van der Waals surface area contributed by atoms with Crippen molar-refractivity contribution in [3.8, 4) is 5.75 Å². The highest BCUT2D eigenvalue weighted by Gasteiger charge is 2.08. The van der Waals surface area contributed by atoms with E-state index in [1.54, 1.807) is 6.07 Å². The van der Waals surface area contributed by atoms with Crippen LogP contribution in [-0.2, 0) is 6.42 Å². The number of hydrogen-bond acceptors (Lipinski definition) is 2. The summed E-state index contributed by atoms with van der Waals surface area (Å²) >= 11 is 5.52.